The lowest BCUT2D eigenvalue weighted by Crippen LogP contribution is -2.18. The molecule has 2 rings (SSSR count). The van der Waals surface area contributed by atoms with Crippen molar-refractivity contribution in [3.63, 3.8) is 0 Å². The van der Waals surface area contributed by atoms with Gasteiger partial charge in [-0.3, -0.25) is 0 Å². The monoisotopic (exact) mass is 270 g/mol. The van der Waals surface area contributed by atoms with E-state index in [1.807, 2.05) is 6.92 Å². The quantitative estimate of drug-likeness (QED) is 0.791. The molecule has 0 amide bonds. The number of aryl methyl sites for hydroxylation is 1. The highest BCUT2D eigenvalue weighted by Crippen LogP contribution is 2.42. The summed E-state index contributed by atoms with van der Waals surface area (Å²) < 4.78 is 33.7. The zero-order valence-electron chi connectivity index (χ0n) is 11.1. The van der Waals surface area contributed by atoms with Crippen LogP contribution in [-0.2, 0) is 15.5 Å². The Morgan fingerprint density at radius 3 is 2.67 bits per heavy atom. The summed E-state index contributed by atoms with van der Waals surface area (Å²) in [6, 6.07) is 3.47. The molecule has 0 bridgehead atoms. The van der Waals surface area contributed by atoms with Crippen molar-refractivity contribution in [2.45, 2.75) is 33.1 Å². The molecular weight excluding hydrogens is 252 g/mol. The molecule has 0 N–H and O–H groups in total. The maximum Gasteiger partial charge on any atom is 0.308 e. The summed E-state index contributed by atoms with van der Waals surface area (Å²) in [5.41, 5.74) is 1.79. The van der Waals surface area contributed by atoms with E-state index in [1.165, 1.54) is 0 Å². The molecule has 0 saturated heterocycles. The van der Waals surface area contributed by atoms with Gasteiger partial charge in [-0.1, -0.05) is 13.8 Å². The molecule has 100 valence electrons. The van der Waals surface area contributed by atoms with Crippen LogP contribution in [0.5, 0.6) is 11.5 Å². The average molecular weight is 270 g/mol. The second-order valence-electron chi connectivity index (χ2n) is 5.22. The first-order valence-electron chi connectivity index (χ1n) is 5.95. The van der Waals surface area contributed by atoms with Crippen LogP contribution in [-0.4, -0.2) is 20.8 Å². The van der Waals surface area contributed by atoms with Gasteiger partial charge in [-0.2, -0.15) is 8.42 Å². The molecule has 0 spiro atoms. The average Bonchev–Trinajstić information content (AvgIpc) is 2.55. The molecule has 0 fully saturated rings. The topological polar surface area (TPSA) is 52.6 Å². The van der Waals surface area contributed by atoms with Gasteiger partial charge in [0.1, 0.15) is 11.5 Å². The van der Waals surface area contributed by atoms with Crippen molar-refractivity contribution in [2.75, 3.05) is 12.4 Å². The second kappa shape index (κ2) is 4.16. The molecule has 5 heteroatoms. The molecule has 0 aromatic heterocycles. The highest BCUT2D eigenvalue weighted by atomic mass is 32.2. The molecule has 0 radical (unpaired) electrons. The van der Waals surface area contributed by atoms with Crippen LogP contribution in [0.2, 0.25) is 0 Å². The molecule has 0 unspecified atom stereocenters. The molecule has 1 aromatic carbocycles. The standard InChI is InChI=1S/C13H18O4S/c1-5-18(14,15)17-10-6-9(2)12-11(7-10)13(3,4)8-16-12/h6-7H,5,8H2,1-4H3. The lowest BCUT2D eigenvalue weighted by molar-refractivity contribution is 0.290. The summed E-state index contributed by atoms with van der Waals surface area (Å²) in [5.74, 6) is 1.18. The Hall–Kier alpha value is -1.23. The van der Waals surface area contributed by atoms with E-state index in [1.54, 1.807) is 19.1 Å². The van der Waals surface area contributed by atoms with Crippen LogP contribution in [0.1, 0.15) is 31.9 Å². The van der Waals surface area contributed by atoms with Gasteiger partial charge in [0, 0.05) is 11.0 Å². The predicted octanol–water partition coefficient (Wildman–Crippen LogP) is 2.39. The van der Waals surface area contributed by atoms with Crippen LogP contribution < -0.4 is 8.92 Å². The van der Waals surface area contributed by atoms with Crippen molar-refractivity contribution in [2.24, 2.45) is 0 Å². The van der Waals surface area contributed by atoms with Crippen molar-refractivity contribution >= 4 is 10.1 Å². The number of ether oxygens (including phenoxy) is 1. The molecule has 1 aromatic rings. The van der Waals surface area contributed by atoms with E-state index < -0.39 is 10.1 Å². The third kappa shape index (κ3) is 2.32. The summed E-state index contributed by atoms with van der Waals surface area (Å²) in [6.45, 7) is 8.19. The van der Waals surface area contributed by atoms with E-state index in [9.17, 15) is 8.42 Å². The number of fused-ring (bicyclic) bond motifs is 1. The van der Waals surface area contributed by atoms with Crippen LogP contribution in [0.15, 0.2) is 12.1 Å². The predicted molar refractivity (Wildman–Crippen MR) is 69.8 cm³/mol. The van der Waals surface area contributed by atoms with Gasteiger partial charge in [-0.05, 0) is 31.5 Å². The number of rotatable bonds is 3. The molecule has 4 nitrogen and oxygen atoms in total. The van der Waals surface area contributed by atoms with Gasteiger partial charge in [0.2, 0.25) is 0 Å². The van der Waals surface area contributed by atoms with Crippen molar-refractivity contribution in [1.82, 2.24) is 0 Å². The third-order valence-electron chi connectivity index (χ3n) is 3.13. The summed E-state index contributed by atoms with van der Waals surface area (Å²) in [4.78, 5) is 0. The summed E-state index contributed by atoms with van der Waals surface area (Å²) >= 11 is 0. The molecule has 18 heavy (non-hydrogen) atoms. The van der Waals surface area contributed by atoms with Gasteiger partial charge >= 0.3 is 10.1 Å². The minimum absolute atomic E-state index is 0.0387. The van der Waals surface area contributed by atoms with E-state index in [0.29, 0.717) is 12.4 Å². The molecule has 1 heterocycles. The first-order chi connectivity index (χ1) is 8.25. The Balaban J connectivity index is 2.45. The SMILES string of the molecule is CCS(=O)(=O)Oc1cc(C)c2c(c1)C(C)(C)CO2. The maximum atomic E-state index is 11.5. The Bertz CT molecular complexity index is 573. The minimum atomic E-state index is -3.48. The van der Waals surface area contributed by atoms with E-state index in [-0.39, 0.29) is 11.2 Å². The second-order valence-corrected chi connectivity index (χ2v) is 7.08. The Morgan fingerprint density at radius 2 is 2.06 bits per heavy atom. The van der Waals surface area contributed by atoms with Crippen molar-refractivity contribution in [1.29, 1.82) is 0 Å². The van der Waals surface area contributed by atoms with Gasteiger partial charge in [0.15, 0.2) is 0 Å². The van der Waals surface area contributed by atoms with E-state index in [4.69, 9.17) is 8.92 Å². The maximum absolute atomic E-state index is 11.5. The van der Waals surface area contributed by atoms with Crippen molar-refractivity contribution in [3.8, 4) is 11.5 Å². The molecule has 0 atom stereocenters. The summed E-state index contributed by atoms with van der Waals surface area (Å²) in [7, 11) is -3.48. The summed E-state index contributed by atoms with van der Waals surface area (Å²) in [6.07, 6.45) is 0. The van der Waals surface area contributed by atoms with Crippen LogP contribution in [0.25, 0.3) is 0 Å². The van der Waals surface area contributed by atoms with Crippen LogP contribution in [0.4, 0.5) is 0 Å². The normalized spacial score (nSPS) is 17.1. The number of hydrogen-bond donors (Lipinski definition) is 0. The highest BCUT2D eigenvalue weighted by molar-refractivity contribution is 7.87. The van der Waals surface area contributed by atoms with Gasteiger partial charge in [-0.15, -0.1) is 0 Å². The number of benzene rings is 1. The van der Waals surface area contributed by atoms with Crippen LogP contribution in [0.3, 0.4) is 0 Å². The van der Waals surface area contributed by atoms with Crippen LogP contribution in [0, 0.1) is 6.92 Å². The van der Waals surface area contributed by atoms with Crippen molar-refractivity contribution < 1.29 is 17.3 Å². The van der Waals surface area contributed by atoms with E-state index in [2.05, 4.69) is 13.8 Å². The molecule has 0 aliphatic carbocycles. The largest absolute Gasteiger partial charge is 0.492 e. The smallest absolute Gasteiger partial charge is 0.308 e. The fourth-order valence-corrected chi connectivity index (χ4v) is 2.53. The van der Waals surface area contributed by atoms with E-state index in [0.717, 1.165) is 16.9 Å². The van der Waals surface area contributed by atoms with Gasteiger partial charge in [-0.25, -0.2) is 0 Å². The van der Waals surface area contributed by atoms with E-state index >= 15 is 0 Å². The third-order valence-corrected chi connectivity index (χ3v) is 4.28. The van der Waals surface area contributed by atoms with Crippen LogP contribution >= 0.6 is 0 Å². The Labute approximate surface area is 108 Å². The summed E-state index contributed by atoms with van der Waals surface area (Å²) in [5, 5.41) is 0. The zero-order valence-corrected chi connectivity index (χ0v) is 11.9. The number of hydrogen-bond acceptors (Lipinski definition) is 4. The molecule has 0 saturated carbocycles. The molecular formula is C13H18O4S. The zero-order chi connectivity index (χ0) is 13.6. The molecule has 1 aliphatic rings. The van der Waals surface area contributed by atoms with Gasteiger partial charge < -0.3 is 8.92 Å². The lowest BCUT2D eigenvalue weighted by Gasteiger charge is -2.16. The highest BCUT2D eigenvalue weighted by Gasteiger charge is 2.33. The lowest BCUT2D eigenvalue weighted by atomic mass is 9.86. The van der Waals surface area contributed by atoms with Crippen molar-refractivity contribution in [3.05, 3.63) is 23.3 Å². The Morgan fingerprint density at radius 1 is 1.39 bits per heavy atom. The Kier molecular flexibility index (Phi) is 3.05. The fourth-order valence-electron chi connectivity index (χ4n) is 2.02. The first kappa shape index (κ1) is 13.2. The fraction of sp³-hybridized carbons (Fsp3) is 0.538. The van der Waals surface area contributed by atoms with Gasteiger partial charge in [0.25, 0.3) is 0 Å². The molecule has 1 aliphatic heterocycles. The minimum Gasteiger partial charge on any atom is -0.492 e. The van der Waals surface area contributed by atoms with Gasteiger partial charge in [0.05, 0.1) is 12.4 Å². The first-order valence-corrected chi connectivity index (χ1v) is 7.53.